The van der Waals surface area contributed by atoms with Crippen molar-refractivity contribution in [2.45, 2.75) is 6.92 Å². The lowest BCUT2D eigenvalue weighted by Crippen LogP contribution is -2.24. The molecule has 27 heavy (non-hydrogen) atoms. The Kier molecular flexibility index (Phi) is 6.18. The molecule has 0 saturated carbocycles. The third-order valence-electron chi connectivity index (χ3n) is 4.06. The zero-order valence-electron chi connectivity index (χ0n) is 15.3. The van der Waals surface area contributed by atoms with Crippen LogP contribution in [-0.4, -0.2) is 17.9 Å². The molecule has 5 heteroatoms. The van der Waals surface area contributed by atoms with Crippen molar-refractivity contribution in [3.8, 4) is 16.9 Å². The van der Waals surface area contributed by atoms with Crippen LogP contribution in [0.1, 0.15) is 12.5 Å². The first-order valence-electron chi connectivity index (χ1n) is 8.57. The largest absolute Gasteiger partial charge is 0.497 e. The van der Waals surface area contributed by atoms with E-state index in [1.807, 2.05) is 49.4 Å². The van der Waals surface area contributed by atoms with Gasteiger partial charge in [0.2, 0.25) is 0 Å². The topological polar surface area (TPSA) is 45.6 Å². The van der Waals surface area contributed by atoms with Gasteiger partial charge in [0, 0.05) is 11.8 Å². The SMILES string of the molecule is COc1cccc(NC(=S)N/N=C(\C)c2ccc(-c3ccccc3)cc2)c1. The molecule has 0 atom stereocenters. The first-order valence-corrected chi connectivity index (χ1v) is 8.98. The van der Waals surface area contributed by atoms with Crippen molar-refractivity contribution >= 4 is 28.7 Å². The lowest BCUT2D eigenvalue weighted by Gasteiger charge is -2.09. The molecule has 3 aromatic rings. The standard InChI is InChI=1S/C22H21N3OS/c1-16(17-11-13-19(14-12-17)18-7-4-3-5-8-18)24-25-22(27)23-20-9-6-10-21(15-20)26-2/h3-15H,1-2H3,(H2,23,25,27)/b24-16+. The van der Waals surface area contributed by atoms with E-state index in [-0.39, 0.29) is 0 Å². The molecule has 0 unspecified atom stereocenters. The second kappa shape index (κ2) is 8.96. The van der Waals surface area contributed by atoms with Gasteiger partial charge < -0.3 is 10.1 Å². The maximum atomic E-state index is 5.30. The molecular weight excluding hydrogens is 354 g/mol. The highest BCUT2D eigenvalue weighted by atomic mass is 32.1. The first-order chi connectivity index (χ1) is 13.2. The van der Waals surface area contributed by atoms with Gasteiger partial charge in [-0.3, -0.25) is 5.43 Å². The number of anilines is 1. The number of hydrogen-bond donors (Lipinski definition) is 2. The van der Waals surface area contributed by atoms with E-state index in [2.05, 4.69) is 52.2 Å². The van der Waals surface area contributed by atoms with E-state index in [1.165, 1.54) is 11.1 Å². The maximum absolute atomic E-state index is 5.30. The van der Waals surface area contributed by atoms with E-state index >= 15 is 0 Å². The summed E-state index contributed by atoms with van der Waals surface area (Å²) in [4.78, 5) is 0. The zero-order valence-corrected chi connectivity index (χ0v) is 16.1. The van der Waals surface area contributed by atoms with Gasteiger partial charge in [0.05, 0.1) is 12.8 Å². The van der Waals surface area contributed by atoms with Gasteiger partial charge in [-0.25, -0.2) is 0 Å². The number of methoxy groups -OCH3 is 1. The molecule has 2 N–H and O–H groups in total. The van der Waals surface area contributed by atoms with Crippen LogP contribution >= 0.6 is 12.2 Å². The van der Waals surface area contributed by atoms with Crippen LogP contribution in [0, 0.1) is 0 Å². The van der Waals surface area contributed by atoms with E-state index in [0.29, 0.717) is 5.11 Å². The van der Waals surface area contributed by atoms with Crippen molar-refractivity contribution < 1.29 is 4.74 Å². The highest BCUT2D eigenvalue weighted by molar-refractivity contribution is 7.80. The highest BCUT2D eigenvalue weighted by Crippen LogP contribution is 2.19. The highest BCUT2D eigenvalue weighted by Gasteiger charge is 2.02. The minimum atomic E-state index is 0.420. The van der Waals surface area contributed by atoms with Gasteiger partial charge in [0.15, 0.2) is 5.11 Å². The summed E-state index contributed by atoms with van der Waals surface area (Å²) in [7, 11) is 1.63. The van der Waals surface area contributed by atoms with Gasteiger partial charge >= 0.3 is 0 Å². The predicted octanol–water partition coefficient (Wildman–Crippen LogP) is 5.07. The molecule has 0 spiro atoms. The molecule has 0 aliphatic rings. The van der Waals surface area contributed by atoms with Gasteiger partial charge in [-0.1, -0.05) is 60.7 Å². The minimum absolute atomic E-state index is 0.420. The van der Waals surface area contributed by atoms with Crippen LogP contribution in [0.5, 0.6) is 5.75 Å². The van der Waals surface area contributed by atoms with Crippen LogP contribution in [-0.2, 0) is 0 Å². The van der Waals surface area contributed by atoms with Crippen molar-refractivity contribution in [1.29, 1.82) is 0 Å². The molecular formula is C22H21N3OS. The summed E-state index contributed by atoms with van der Waals surface area (Å²) in [6.07, 6.45) is 0. The smallest absolute Gasteiger partial charge is 0.191 e. The Balaban J connectivity index is 1.62. The van der Waals surface area contributed by atoms with E-state index in [9.17, 15) is 0 Å². The van der Waals surface area contributed by atoms with Crippen LogP contribution in [0.15, 0.2) is 84.0 Å². The molecule has 3 rings (SSSR count). The summed E-state index contributed by atoms with van der Waals surface area (Å²) >= 11 is 5.30. The van der Waals surface area contributed by atoms with Gasteiger partial charge in [-0.2, -0.15) is 5.10 Å². The summed E-state index contributed by atoms with van der Waals surface area (Å²) in [6, 6.07) is 26.1. The third kappa shape index (κ3) is 5.15. The lowest BCUT2D eigenvalue weighted by molar-refractivity contribution is 0.415. The Labute approximate surface area is 164 Å². The Bertz CT molecular complexity index is 937. The fourth-order valence-electron chi connectivity index (χ4n) is 2.59. The van der Waals surface area contributed by atoms with Crippen LogP contribution in [0.25, 0.3) is 11.1 Å². The van der Waals surface area contributed by atoms with E-state index in [4.69, 9.17) is 17.0 Å². The molecule has 0 heterocycles. The molecule has 136 valence electrons. The molecule has 0 aliphatic carbocycles. The third-order valence-corrected chi connectivity index (χ3v) is 4.26. The van der Waals surface area contributed by atoms with Crippen molar-refractivity contribution in [2.24, 2.45) is 5.10 Å². The average molecular weight is 375 g/mol. The predicted molar refractivity (Wildman–Crippen MR) is 116 cm³/mol. The Morgan fingerprint density at radius 3 is 2.30 bits per heavy atom. The average Bonchev–Trinajstić information content (AvgIpc) is 2.73. The van der Waals surface area contributed by atoms with Crippen LogP contribution in [0.3, 0.4) is 0 Å². The van der Waals surface area contributed by atoms with Crippen molar-refractivity contribution in [3.63, 3.8) is 0 Å². The molecule has 0 fully saturated rings. The second-order valence-corrected chi connectivity index (χ2v) is 6.35. The zero-order chi connectivity index (χ0) is 19.1. The van der Waals surface area contributed by atoms with Crippen LogP contribution in [0.4, 0.5) is 5.69 Å². The van der Waals surface area contributed by atoms with Crippen molar-refractivity contribution in [1.82, 2.24) is 5.43 Å². The summed E-state index contributed by atoms with van der Waals surface area (Å²) in [5, 5.41) is 7.87. The van der Waals surface area contributed by atoms with Gasteiger partial charge in [-0.05, 0) is 48.0 Å². The van der Waals surface area contributed by atoms with Gasteiger partial charge in [0.25, 0.3) is 0 Å². The molecule has 0 radical (unpaired) electrons. The number of hydrazone groups is 1. The molecule has 0 amide bonds. The molecule has 0 aliphatic heterocycles. The number of nitrogens with one attached hydrogen (secondary N) is 2. The van der Waals surface area contributed by atoms with E-state index < -0.39 is 0 Å². The molecule has 4 nitrogen and oxygen atoms in total. The number of benzene rings is 3. The monoisotopic (exact) mass is 375 g/mol. The van der Waals surface area contributed by atoms with Crippen LogP contribution < -0.4 is 15.5 Å². The number of nitrogens with zero attached hydrogens (tertiary/aromatic N) is 1. The second-order valence-electron chi connectivity index (χ2n) is 5.94. The fourth-order valence-corrected chi connectivity index (χ4v) is 2.76. The number of ether oxygens (including phenoxy) is 1. The quantitative estimate of drug-likeness (QED) is 0.371. The number of thiocarbonyl (C=S) groups is 1. The number of hydrogen-bond acceptors (Lipinski definition) is 3. The molecule has 0 saturated heterocycles. The summed E-state index contributed by atoms with van der Waals surface area (Å²) in [5.41, 5.74) is 7.98. The first kappa shape index (κ1) is 18.6. The lowest BCUT2D eigenvalue weighted by atomic mass is 10.0. The van der Waals surface area contributed by atoms with E-state index in [0.717, 1.165) is 22.7 Å². The summed E-state index contributed by atoms with van der Waals surface area (Å²) in [5.74, 6) is 0.765. The van der Waals surface area contributed by atoms with E-state index in [1.54, 1.807) is 7.11 Å². The minimum Gasteiger partial charge on any atom is -0.497 e. The van der Waals surface area contributed by atoms with Crippen molar-refractivity contribution in [2.75, 3.05) is 12.4 Å². The maximum Gasteiger partial charge on any atom is 0.191 e. The van der Waals surface area contributed by atoms with Gasteiger partial charge in [0.1, 0.15) is 5.75 Å². The van der Waals surface area contributed by atoms with Crippen molar-refractivity contribution in [3.05, 3.63) is 84.4 Å². The molecule has 0 aromatic heterocycles. The molecule has 3 aromatic carbocycles. The Hall–Kier alpha value is -3.18. The normalized spacial score (nSPS) is 11.0. The van der Waals surface area contributed by atoms with Gasteiger partial charge in [-0.15, -0.1) is 0 Å². The Morgan fingerprint density at radius 1 is 0.889 bits per heavy atom. The van der Waals surface area contributed by atoms with Crippen LogP contribution in [0.2, 0.25) is 0 Å². The fraction of sp³-hybridized carbons (Fsp3) is 0.0909. The Morgan fingerprint density at radius 2 is 1.59 bits per heavy atom. The summed E-state index contributed by atoms with van der Waals surface area (Å²) < 4.78 is 5.20. The number of rotatable bonds is 5. The molecule has 0 bridgehead atoms. The summed E-state index contributed by atoms with van der Waals surface area (Å²) in [6.45, 7) is 1.94.